The number of amides is 1. The van der Waals surface area contributed by atoms with Crippen molar-refractivity contribution in [3.63, 3.8) is 0 Å². The zero-order valence-corrected chi connectivity index (χ0v) is 13.2. The highest BCUT2D eigenvalue weighted by atomic mass is 16.5. The number of esters is 1. The van der Waals surface area contributed by atoms with E-state index in [9.17, 15) is 9.59 Å². The van der Waals surface area contributed by atoms with E-state index in [0.717, 1.165) is 5.69 Å². The van der Waals surface area contributed by atoms with Crippen LogP contribution >= 0.6 is 0 Å². The first kappa shape index (κ1) is 17.2. The van der Waals surface area contributed by atoms with Crippen molar-refractivity contribution in [3.05, 3.63) is 29.8 Å². The number of carbonyl (C=O) groups is 2. The van der Waals surface area contributed by atoms with Gasteiger partial charge in [-0.3, -0.25) is 14.5 Å². The molecule has 1 aromatic carbocycles. The van der Waals surface area contributed by atoms with E-state index in [4.69, 9.17) is 0 Å². The first-order valence-electron chi connectivity index (χ1n) is 7.07. The molecule has 1 aromatic rings. The minimum absolute atomic E-state index is 0.0942. The summed E-state index contributed by atoms with van der Waals surface area (Å²) in [5.41, 5.74) is 1.99. The fraction of sp³-hybridized carbons (Fsp3) is 0.500. The number of nitrogens with one attached hydrogen (secondary N) is 1. The van der Waals surface area contributed by atoms with Crippen molar-refractivity contribution in [1.82, 2.24) is 4.90 Å². The third-order valence-corrected chi connectivity index (χ3v) is 3.18. The summed E-state index contributed by atoms with van der Waals surface area (Å²) in [7, 11) is 3.16. The molecule has 0 saturated heterocycles. The molecule has 0 fully saturated rings. The van der Waals surface area contributed by atoms with Crippen molar-refractivity contribution in [3.8, 4) is 0 Å². The average molecular weight is 292 g/mol. The van der Waals surface area contributed by atoms with Crippen molar-refractivity contribution < 1.29 is 14.3 Å². The summed E-state index contributed by atoms with van der Waals surface area (Å²) in [5, 5.41) is 2.87. The fourth-order valence-corrected chi connectivity index (χ4v) is 1.88. The molecular formula is C16H24N2O3. The van der Waals surface area contributed by atoms with Crippen LogP contribution in [0, 0.1) is 0 Å². The number of hydrogen-bond acceptors (Lipinski definition) is 4. The maximum Gasteiger partial charge on any atom is 0.306 e. The molecule has 116 valence electrons. The molecule has 1 rings (SSSR count). The Morgan fingerprint density at radius 2 is 2.05 bits per heavy atom. The summed E-state index contributed by atoms with van der Waals surface area (Å²) in [6.45, 7) is 4.96. The van der Waals surface area contributed by atoms with Gasteiger partial charge in [-0.25, -0.2) is 0 Å². The number of rotatable bonds is 7. The maximum atomic E-state index is 11.9. The van der Waals surface area contributed by atoms with Crippen LogP contribution in [-0.4, -0.2) is 44.0 Å². The molecule has 1 N–H and O–H groups in total. The summed E-state index contributed by atoms with van der Waals surface area (Å²) in [6, 6.07) is 7.84. The quantitative estimate of drug-likeness (QED) is 0.783. The monoisotopic (exact) mass is 292 g/mol. The van der Waals surface area contributed by atoms with Gasteiger partial charge in [0.25, 0.3) is 0 Å². The first-order chi connectivity index (χ1) is 9.92. The molecule has 1 amide bonds. The van der Waals surface area contributed by atoms with Crippen LogP contribution in [0.5, 0.6) is 0 Å². The number of likely N-dealkylation sites (N-methyl/N-ethyl adjacent to an activating group) is 1. The van der Waals surface area contributed by atoms with Crippen molar-refractivity contribution in [2.75, 3.05) is 32.6 Å². The van der Waals surface area contributed by atoms with Crippen LogP contribution in [0.3, 0.4) is 0 Å². The lowest BCUT2D eigenvalue weighted by molar-refractivity contribution is -0.141. The van der Waals surface area contributed by atoms with E-state index in [2.05, 4.69) is 23.9 Å². The summed E-state index contributed by atoms with van der Waals surface area (Å²) in [4.78, 5) is 24.8. The molecular weight excluding hydrogens is 268 g/mol. The van der Waals surface area contributed by atoms with E-state index in [1.165, 1.54) is 12.7 Å². The summed E-state index contributed by atoms with van der Waals surface area (Å²) in [6.07, 6.45) is 0.281. The summed E-state index contributed by atoms with van der Waals surface area (Å²) < 4.78 is 4.57. The van der Waals surface area contributed by atoms with Crippen molar-refractivity contribution in [1.29, 1.82) is 0 Å². The van der Waals surface area contributed by atoms with Crippen LogP contribution in [0.2, 0.25) is 0 Å². The van der Waals surface area contributed by atoms with Gasteiger partial charge in [0.15, 0.2) is 0 Å². The summed E-state index contributed by atoms with van der Waals surface area (Å²) in [5.74, 6) is 0.0553. The van der Waals surface area contributed by atoms with E-state index in [1.54, 1.807) is 11.9 Å². The molecule has 5 nitrogen and oxygen atoms in total. The molecule has 0 atom stereocenters. The molecule has 0 spiro atoms. The van der Waals surface area contributed by atoms with Crippen molar-refractivity contribution in [2.45, 2.75) is 26.2 Å². The van der Waals surface area contributed by atoms with Gasteiger partial charge >= 0.3 is 5.97 Å². The fourth-order valence-electron chi connectivity index (χ4n) is 1.88. The van der Waals surface area contributed by atoms with E-state index < -0.39 is 0 Å². The minimum Gasteiger partial charge on any atom is -0.469 e. The number of nitrogens with zero attached hydrogens (tertiary/aromatic N) is 1. The third kappa shape index (κ3) is 6.40. The number of methoxy groups -OCH3 is 1. The molecule has 0 heterocycles. The lowest BCUT2D eigenvalue weighted by Crippen LogP contribution is -2.31. The van der Waals surface area contributed by atoms with Crippen LogP contribution in [-0.2, 0) is 14.3 Å². The topological polar surface area (TPSA) is 58.6 Å². The van der Waals surface area contributed by atoms with Gasteiger partial charge in [-0.05, 0) is 30.7 Å². The molecule has 0 radical (unpaired) electrons. The van der Waals surface area contributed by atoms with Crippen molar-refractivity contribution in [2.24, 2.45) is 0 Å². The first-order valence-corrected chi connectivity index (χ1v) is 7.07. The molecule has 0 unspecified atom stereocenters. The zero-order chi connectivity index (χ0) is 15.8. The van der Waals surface area contributed by atoms with E-state index in [1.807, 2.05) is 24.3 Å². The maximum absolute atomic E-state index is 11.9. The lowest BCUT2D eigenvalue weighted by Gasteiger charge is -2.16. The molecule has 0 bridgehead atoms. The number of anilines is 1. The predicted octanol–water partition coefficient (Wildman–Crippen LogP) is 2.24. The average Bonchev–Trinajstić information content (AvgIpc) is 2.44. The Kier molecular flexibility index (Phi) is 6.88. The third-order valence-electron chi connectivity index (χ3n) is 3.18. The van der Waals surface area contributed by atoms with Crippen LogP contribution < -0.4 is 5.32 Å². The van der Waals surface area contributed by atoms with E-state index in [-0.39, 0.29) is 24.8 Å². The van der Waals surface area contributed by atoms with Crippen molar-refractivity contribution >= 4 is 17.6 Å². The molecule has 0 saturated carbocycles. The molecule has 0 aromatic heterocycles. The predicted molar refractivity (Wildman–Crippen MR) is 83.3 cm³/mol. The largest absolute Gasteiger partial charge is 0.469 e. The molecule has 0 aliphatic carbocycles. The Labute approximate surface area is 126 Å². The Morgan fingerprint density at radius 3 is 2.67 bits per heavy atom. The van der Waals surface area contributed by atoms with Gasteiger partial charge in [-0.15, -0.1) is 0 Å². The normalized spacial score (nSPS) is 10.8. The van der Waals surface area contributed by atoms with Crippen LogP contribution in [0.15, 0.2) is 24.3 Å². The standard InChI is InChI=1S/C16H24N2O3/c1-12(2)13-6-5-7-14(10-13)17-15(19)11-18(3)9-8-16(20)21-4/h5-7,10,12H,8-9,11H2,1-4H3,(H,17,19). The second-order valence-electron chi connectivity index (χ2n) is 5.39. The number of hydrogen-bond donors (Lipinski definition) is 1. The molecule has 0 aliphatic rings. The molecule has 5 heteroatoms. The van der Waals surface area contributed by atoms with Gasteiger partial charge < -0.3 is 10.1 Å². The Balaban J connectivity index is 2.46. The molecule has 0 aliphatic heterocycles. The van der Waals surface area contributed by atoms with Gasteiger partial charge in [-0.2, -0.15) is 0 Å². The number of benzene rings is 1. The van der Waals surface area contributed by atoms with E-state index in [0.29, 0.717) is 12.5 Å². The number of carbonyl (C=O) groups excluding carboxylic acids is 2. The lowest BCUT2D eigenvalue weighted by atomic mass is 10.0. The highest BCUT2D eigenvalue weighted by Gasteiger charge is 2.09. The molecule has 21 heavy (non-hydrogen) atoms. The Hall–Kier alpha value is -1.88. The van der Waals surface area contributed by atoms with Crippen LogP contribution in [0.4, 0.5) is 5.69 Å². The van der Waals surface area contributed by atoms with Gasteiger partial charge in [0.05, 0.1) is 20.1 Å². The second-order valence-corrected chi connectivity index (χ2v) is 5.39. The van der Waals surface area contributed by atoms with Crippen LogP contribution in [0.25, 0.3) is 0 Å². The SMILES string of the molecule is COC(=O)CCN(C)CC(=O)Nc1cccc(C(C)C)c1. The van der Waals surface area contributed by atoms with Gasteiger partial charge in [0.1, 0.15) is 0 Å². The Bertz CT molecular complexity index is 486. The number of ether oxygens (including phenoxy) is 1. The second kappa shape index (κ2) is 8.42. The highest BCUT2D eigenvalue weighted by molar-refractivity contribution is 5.92. The smallest absolute Gasteiger partial charge is 0.306 e. The highest BCUT2D eigenvalue weighted by Crippen LogP contribution is 2.18. The van der Waals surface area contributed by atoms with Gasteiger partial charge in [-0.1, -0.05) is 26.0 Å². The minimum atomic E-state index is -0.271. The zero-order valence-electron chi connectivity index (χ0n) is 13.2. The summed E-state index contributed by atoms with van der Waals surface area (Å²) >= 11 is 0. The van der Waals surface area contributed by atoms with E-state index >= 15 is 0 Å². The van der Waals surface area contributed by atoms with Crippen LogP contribution in [0.1, 0.15) is 31.7 Å². The van der Waals surface area contributed by atoms with Gasteiger partial charge in [0.2, 0.25) is 5.91 Å². The Morgan fingerprint density at radius 1 is 1.33 bits per heavy atom. The van der Waals surface area contributed by atoms with Gasteiger partial charge in [0, 0.05) is 12.2 Å².